The maximum absolute atomic E-state index is 10.9. The van der Waals surface area contributed by atoms with E-state index in [9.17, 15) is 13.2 Å². The molecular formula is C4H4F3-. The summed E-state index contributed by atoms with van der Waals surface area (Å²) >= 11 is 0. The molecule has 0 aliphatic heterocycles. The van der Waals surface area contributed by atoms with Gasteiger partial charge in [0, 0.05) is 0 Å². The van der Waals surface area contributed by atoms with E-state index in [-0.39, 0.29) is 0 Å². The Morgan fingerprint density at radius 3 is 1.86 bits per heavy atom. The van der Waals surface area contributed by atoms with Crippen molar-refractivity contribution in [1.82, 2.24) is 0 Å². The van der Waals surface area contributed by atoms with Crippen molar-refractivity contribution in [3.63, 3.8) is 0 Å². The van der Waals surface area contributed by atoms with Crippen molar-refractivity contribution in [2.45, 2.75) is 13.1 Å². The predicted octanol–water partition coefficient (Wildman–Crippen LogP) is 1.93. The van der Waals surface area contributed by atoms with Gasteiger partial charge >= 0.3 is 0 Å². The van der Waals surface area contributed by atoms with Crippen LogP contribution in [0.3, 0.4) is 0 Å². The molecule has 0 spiro atoms. The summed E-state index contributed by atoms with van der Waals surface area (Å²) in [6.45, 7) is 1.27. The zero-order chi connectivity index (χ0) is 5.91. The van der Waals surface area contributed by atoms with Gasteiger partial charge in [-0.05, 0) is 0 Å². The molecule has 0 heterocycles. The van der Waals surface area contributed by atoms with Crippen molar-refractivity contribution in [2.75, 3.05) is 0 Å². The van der Waals surface area contributed by atoms with E-state index in [4.69, 9.17) is 0 Å². The van der Waals surface area contributed by atoms with Crippen LogP contribution >= 0.6 is 0 Å². The normalized spacial score (nSPS) is 13.1. The van der Waals surface area contributed by atoms with Gasteiger partial charge in [0.25, 0.3) is 6.18 Å². The smallest absolute Gasteiger partial charge is 0.265 e. The van der Waals surface area contributed by atoms with Crippen LogP contribution in [0.4, 0.5) is 13.2 Å². The van der Waals surface area contributed by atoms with Crippen LogP contribution in [-0.4, -0.2) is 6.18 Å². The lowest BCUT2D eigenvalue weighted by atomic mass is 10.5. The Kier molecular flexibility index (Phi) is 1.87. The van der Waals surface area contributed by atoms with Crippen LogP contribution in [-0.2, 0) is 0 Å². The molecule has 0 fully saturated rings. The van der Waals surface area contributed by atoms with Crippen LogP contribution in [0.15, 0.2) is 6.08 Å². The Morgan fingerprint density at radius 1 is 1.43 bits per heavy atom. The molecule has 7 heavy (non-hydrogen) atoms. The highest BCUT2D eigenvalue weighted by molar-refractivity contribution is 4.74. The second kappa shape index (κ2) is 2.00. The number of halogens is 3. The average Bonchev–Trinajstić information content (AvgIpc) is 1.30. The molecule has 3 heteroatoms. The second-order valence-electron chi connectivity index (χ2n) is 0.931. The minimum Gasteiger partial charge on any atom is -0.393 e. The molecule has 0 nitrogen and oxygen atoms in total. The van der Waals surface area contributed by atoms with Gasteiger partial charge in [0.1, 0.15) is 0 Å². The standard InChI is InChI=1S/C4H4F3/c1-2-3-4(5,6)7/h2H,1H3/q-1. The molecule has 0 amide bonds. The van der Waals surface area contributed by atoms with Gasteiger partial charge in [-0.3, -0.25) is 6.08 Å². The van der Waals surface area contributed by atoms with E-state index in [0.717, 1.165) is 12.2 Å². The molecule has 0 saturated heterocycles. The Hall–Kier alpha value is -0.470. The van der Waals surface area contributed by atoms with E-state index in [0.29, 0.717) is 0 Å². The third-order valence-corrected chi connectivity index (χ3v) is 0.308. The molecule has 0 N–H and O–H groups in total. The fourth-order valence-electron chi connectivity index (χ4n) is 0.164. The maximum atomic E-state index is 10.9. The molecule has 0 rings (SSSR count). The maximum Gasteiger partial charge on any atom is 0.265 e. The van der Waals surface area contributed by atoms with E-state index in [1.807, 2.05) is 0 Å². The summed E-state index contributed by atoms with van der Waals surface area (Å²) in [5, 5.41) is 0. The third-order valence-electron chi connectivity index (χ3n) is 0.308. The highest BCUT2D eigenvalue weighted by Crippen LogP contribution is 2.13. The van der Waals surface area contributed by atoms with Crippen LogP contribution in [0.2, 0.25) is 0 Å². The first-order valence-corrected chi connectivity index (χ1v) is 1.68. The molecule has 0 aliphatic carbocycles. The topological polar surface area (TPSA) is 0 Å². The van der Waals surface area contributed by atoms with Gasteiger partial charge in [0.15, 0.2) is 0 Å². The minimum absolute atomic E-state index is 0.833. The lowest BCUT2D eigenvalue weighted by molar-refractivity contribution is -0.0876. The lowest BCUT2D eigenvalue weighted by Crippen LogP contribution is -2.00. The Bertz CT molecular complexity index is 69.5. The lowest BCUT2D eigenvalue weighted by Gasteiger charge is -2.09. The Labute approximate surface area is 39.6 Å². The van der Waals surface area contributed by atoms with Gasteiger partial charge in [-0.15, -0.1) is 0 Å². The molecule has 0 unspecified atom stereocenters. The molecule has 42 valence electrons. The zero-order valence-electron chi connectivity index (χ0n) is 3.71. The van der Waals surface area contributed by atoms with E-state index >= 15 is 0 Å². The summed E-state index contributed by atoms with van der Waals surface area (Å²) in [6, 6.07) is 0. The van der Waals surface area contributed by atoms with Gasteiger partial charge in [-0.25, -0.2) is 13.2 Å². The molecule has 0 atom stereocenters. The quantitative estimate of drug-likeness (QED) is 0.417. The van der Waals surface area contributed by atoms with Gasteiger partial charge in [-0.1, -0.05) is 6.92 Å². The molecule has 0 aromatic rings. The fourth-order valence-corrected chi connectivity index (χ4v) is 0.164. The molecular weight excluding hydrogens is 105 g/mol. The van der Waals surface area contributed by atoms with Crippen molar-refractivity contribution >= 4 is 0 Å². The van der Waals surface area contributed by atoms with Crippen molar-refractivity contribution in [2.24, 2.45) is 0 Å². The molecule has 0 radical (unpaired) electrons. The molecule has 0 aliphatic rings. The largest absolute Gasteiger partial charge is 0.393 e. The zero-order valence-corrected chi connectivity index (χ0v) is 3.71. The summed E-state index contributed by atoms with van der Waals surface area (Å²) < 4.78 is 32.7. The van der Waals surface area contributed by atoms with Crippen LogP contribution in [0.5, 0.6) is 0 Å². The van der Waals surface area contributed by atoms with E-state index in [1.165, 1.54) is 6.92 Å². The molecule has 0 aromatic carbocycles. The van der Waals surface area contributed by atoms with E-state index in [1.54, 1.807) is 0 Å². The number of rotatable bonds is 0. The van der Waals surface area contributed by atoms with Gasteiger partial charge in [0.05, 0.1) is 0 Å². The van der Waals surface area contributed by atoms with E-state index < -0.39 is 6.18 Å². The number of hydrogen-bond donors (Lipinski definition) is 0. The van der Waals surface area contributed by atoms with Crippen molar-refractivity contribution in [1.29, 1.82) is 0 Å². The predicted molar refractivity (Wildman–Crippen MR) is 19.5 cm³/mol. The fraction of sp³-hybridized carbons (Fsp3) is 0.500. The highest BCUT2D eigenvalue weighted by Gasteiger charge is 2.05. The SMILES string of the molecule is CC=[C-]C(F)(F)F. The minimum atomic E-state index is -4.26. The average molecular weight is 109 g/mol. The van der Waals surface area contributed by atoms with E-state index in [2.05, 4.69) is 0 Å². The first-order chi connectivity index (χ1) is 3.06. The van der Waals surface area contributed by atoms with Gasteiger partial charge in [0.2, 0.25) is 0 Å². The van der Waals surface area contributed by atoms with Gasteiger partial charge < -0.3 is 6.08 Å². The summed E-state index contributed by atoms with van der Waals surface area (Å²) in [4.78, 5) is 0. The van der Waals surface area contributed by atoms with Crippen LogP contribution in [0, 0.1) is 6.08 Å². The molecule has 0 bridgehead atoms. The molecule has 0 saturated carbocycles. The number of allylic oxidation sites excluding steroid dienone is 2. The van der Waals surface area contributed by atoms with Crippen molar-refractivity contribution < 1.29 is 13.2 Å². The monoisotopic (exact) mass is 109 g/mol. The Balaban J connectivity index is 3.56. The third kappa shape index (κ3) is 5.53. The number of hydrogen-bond acceptors (Lipinski definition) is 0. The highest BCUT2D eigenvalue weighted by atomic mass is 19.4. The van der Waals surface area contributed by atoms with Crippen molar-refractivity contribution in [3.8, 4) is 0 Å². The summed E-state index contributed by atoms with van der Waals surface area (Å²) in [7, 11) is 0. The van der Waals surface area contributed by atoms with Crippen LogP contribution in [0.25, 0.3) is 0 Å². The summed E-state index contributed by atoms with van der Waals surface area (Å²) in [5.41, 5.74) is 0. The summed E-state index contributed by atoms with van der Waals surface area (Å²) in [5.74, 6) is 0. The van der Waals surface area contributed by atoms with Crippen molar-refractivity contribution in [3.05, 3.63) is 12.2 Å². The van der Waals surface area contributed by atoms with Crippen LogP contribution < -0.4 is 0 Å². The number of alkyl halides is 3. The Morgan fingerprint density at radius 2 is 1.86 bits per heavy atom. The van der Waals surface area contributed by atoms with Crippen LogP contribution in [0.1, 0.15) is 6.92 Å². The first kappa shape index (κ1) is 6.53. The second-order valence-corrected chi connectivity index (χ2v) is 0.931. The summed E-state index contributed by atoms with van der Waals surface area (Å²) in [6.07, 6.45) is -2.26. The van der Waals surface area contributed by atoms with Gasteiger partial charge in [-0.2, -0.15) is 0 Å². The first-order valence-electron chi connectivity index (χ1n) is 1.68. The molecule has 0 aromatic heterocycles.